The lowest BCUT2D eigenvalue weighted by molar-refractivity contribution is -0.0781. The molecule has 1 rings (SSSR count). The molecule has 0 aromatic rings. The smallest absolute Gasteiger partial charge is 0.0627 e. The van der Waals surface area contributed by atoms with Gasteiger partial charge in [0, 0.05) is 0 Å². The molecule has 0 spiro atoms. The van der Waals surface area contributed by atoms with Crippen LogP contribution < -0.4 is 0 Å². The molecular weight excluding hydrogens is 156 g/mol. The molecule has 1 fully saturated rings. The highest BCUT2D eigenvalue weighted by Crippen LogP contribution is 2.22. The molecule has 1 aliphatic carbocycles. The number of rotatable bonds is 2. The highest BCUT2D eigenvalue weighted by Gasteiger charge is 2.27. The van der Waals surface area contributed by atoms with Gasteiger partial charge in [0.25, 0.3) is 0 Å². The van der Waals surface area contributed by atoms with E-state index in [2.05, 4.69) is 0 Å². The summed E-state index contributed by atoms with van der Waals surface area (Å²) in [6.45, 7) is 3.93. The first kappa shape index (κ1) is 9.96. The van der Waals surface area contributed by atoms with Crippen LogP contribution in [0.15, 0.2) is 0 Å². The second-order valence-corrected chi connectivity index (χ2v) is 3.82. The molecule has 0 aromatic carbocycles. The quantitative estimate of drug-likeness (QED) is 0.647. The lowest BCUT2D eigenvalue weighted by atomic mass is 9.92. The Balaban J connectivity index is 2.34. The van der Waals surface area contributed by atoms with E-state index in [0.29, 0.717) is 19.3 Å². The van der Waals surface area contributed by atoms with E-state index in [1.807, 2.05) is 13.8 Å². The third-order valence-electron chi connectivity index (χ3n) is 2.08. The monoisotopic (exact) mass is 174 g/mol. The molecule has 12 heavy (non-hydrogen) atoms. The molecule has 3 nitrogen and oxygen atoms in total. The van der Waals surface area contributed by atoms with Gasteiger partial charge in [-0.2, -0.15) is 0 Å². The summed E-state index contributed by atoms with van der Waals surface area (Å²) in [6.07, 6.45) is 1.24. The van der Waals surface area contributed by atoms with E-state index in [9.17, 15) is 10.2 Å². The molecule has 0 bridgehead atoms. The van der Waals surface area contributed by atoms with Crippen LogP contribution in [0.5, 0.6) is 0 Å². The number of aliphatic hydroxyl groups is 2. The van der Waals surface area contributed by atoms with Crippen molar-refractivity contribution in [3.63, 3.8) is 0 Å². The van der Waals surface area contributed by atoms with E-state index in [-0.39, 0.29) is 12.2 Å². The van der Waals surface area contributed by atoms with Gasteiger partial charge in [0.1, 0.15) is 0 Å². The van der Waals surface area contributed by atoms with E-state index in [4.69, 9.17) is 4.74 Å². The van der Waals surface area contributed by atoms with Crippen molar-refractivity contribution in [2.75, 3.05) is 0 Å². The van der Waals surface area contributed by atoms with Crippen molar-refractivity contribution in [2.45, 2.75) is 57.5 Å². The second kappa shape index (κ2) is 4.21. The van der Waals surface area contributed by atoms with Gasteiger partial charge in [-0.05, 0) is 33.1 Å². The minimum absolute atomic E-state index is 0.0312. The van der Waals surface area contributed by atoms with Crippen LogP contribution in [0.1, 0.15) is 33.1 Å². The maximum absolute atomic E-state index is 9.32. The maximum Gasteiger partial charge on any atom is 0.0627 e. The lowest BCUT2D eigenvalue weighted by Gasteiger charge is -2.30. The molecule has 1 saturated carbocycles. The number of ether oxygens (including phenoxy) is 1. The molecule has 1 aliphatic rings. The predicted molar refractivity (Wildman–Crippen MR) is 45.9 cm³/mol. The molecule has 72 valence electrons. The Morgan fingerprint density at radius 1 is 1.08 bits per heavy atom. The summed E-state index contributed by atoms with van der Waals surface area (Å²) < 4.78 is 5.51. The van der Waals surface area contributed by atoms with Crippen molar-refractivity contribution in [1.29, 1.82) is 0 Å². The molecule has 3 heteroatoms. The fraction of sp³-hybridized carbons (Fsp3) is 1.00. The Hall–Kier alpha value is -0.120. The minimum atomic E-state index is -0.391. The van der Waals surface area contributed by atoms with E-state index >= 15 is 0 Å². The standard InChI is InChI=1S/C9H18O3/c1-6(2)12-9-4-7(10)3-8(11)5-9/h6-11H,3-5H2,1-2H3/t7-,8+,9-. The lowest BCUT2D eigenvalue weighted by Crippen LogP contribution is -2.35. The SMILES string of the molecule is CC(C)O[C@@H]1C[C@H](O)C[C@H](O)C1. The molecule has 0 unspecified atom stereocenters. The molecule has 0 amide bonds. The fourth-order valence-electron chi connectivity index (χ4n) is 1.71. The van der Waals surface area contributed by atoms with Gasteiger partial charge in [0.2, 0.25) is 0 Å². The van der Waals surface area contributed by atoms with Gasteiger partial charge >= 0.3 is 0 Å². The topological polar surface area (TPSA) is 49.7 Å². The summed E-state index contributed by atoms with van der Waals surface area (Å²) in [5.41, 5.74) is 0. The van der Waals surface area contributed by atoms with Crippen molar-refractivity contribution < 1.29 is 14.9 Å². The Bertz CT molecular complexity index is 123. The summed E-state index contributed by atoms with van der Waals surface area (Å²) in [5, 5.41) is 18.6. The molecule has 0 saturated heterocycles. The average Bonchev–Trinajstić information content (AvgIpc) is 1.81. The highest BCUT2D eigenvalue weighted by molar-refractivity contribution is 4.78. The summed E-state index contributed by atoms with van der Waals surface area (Å²) in [4.78, 5) is 0. The van der Waals surface area contributed by atoms with Crippen LogP contribution in [0.4, 0.5) is 0 Å². The summed E-state index contributed by atoms with van der Waals surface area (Å²) in [6, 6.07) is 0. The van der Waals surface area contributed by atoms with Gasteiger partial charge in [0.05, 0.1) is 24.4 Å². The van der Waals surface area contributed by atoms with Crippen LogP contribution in [0.2, 0.25) is 0 Å². The first-order valence-electron chi connectivity index (χ1n) is 4.59. The molecule has 0 radical (unpaired) electrons. The zero-order valence-electron chi connectivity index (χ0n) is 7.73. The number of hydrogen-bond acceptors (Lipinski definition) is 3. The van der Waals surface area contributed by atoms with Crippen molar-refractivity contribution in [3.05, 3.63) is 0 Å². The molecule has 0 heterocycles. The summed E-state index contributed by atoms with van der Waals surface area (Å²) >= 11 is 0. The highest BCUT2D eigenvalue weighted by atomic mass is 16.5. The fourth-order valence-corrected chi connectivity index (χ4v) is 1.71. The number of aliphatic hydroxyl groups excluding tert-OH is 2. The Kier molecular flexibility index (Phi) is 3.50. The molecule has 3 atom stereocenters. The first-order valence-corrected chi connectivity index (χ1v) is 4.59. The Morgan fingerprint density at radius 2 is 1.58 bits per heavy atom. The molecule has 0 aromatic heterocycles. The largest absolute Gasteiger partial charge is 0.393 e. The van der Waals surface area contributed by atoms with Crippen molar-refractivity contribution in [1.82, 2.24) is 0 Å². The Labute approximate surface area is 73.4 Å². The van der Waals surface area contributed by atoms with E-state index in [1.54, 1.807) is 0 Å². The van der Waals surface area contributed by atoms with Crippen LogP contribution >= 0.6 is 0 Å². The van der Waals surface area contributed by atoms with Crippen molar-refractivity contribution in [3.8, 4) is 0 Å². The van der Waals surface area contributed by atoms with Crippen LogP contribution in [-0.4, -0.2) is 34.6 Å². The maximum atomic E-state index is 9.32. The van der Waals surface area contributed by atoms with Gasteiger partial charge in [0.15, 0.2) is 0 Å². The first-order chi connectivity index (χ1) is 5.58. The van der Waals surface area contributed by atoms with Gasteiger partial charge in [-0.25, -0.2) is 0 Å². The average molecular weight is 174 g/mol. The number of hydrogen-bond donors (Lipinski definition) is 2. The Morgan fingerprint density at radius 3 is 2.00 bits per heavy atom. The van der Waals surface area contributed by atoms with Crippen LogP contribution in [-0.2, 0) is 4.74 Å². The summed E-state index contributed by atoms with van der Waals surface area (Å²) in [7, 11) is 0. The van der Waals surface area contributed by atoms with E-state index in [1.165, 1.54) is 0 Å². The zero-order chi connectivity index (χ0) is 9.14. The predicted octanol–water partition coefficient (Wildman–Crippen LogP) is 0.686. The van der Waals surface area contributed by atoms with Gasteiger partial charge in [-0.3, -0.25) is 0 Å². The van der Waals surface area contributed by atoms with Gasteiger partial charge in [-0.15, -0.1) is 0 Å². The van der Waals surface area contributed by atoms with Gasteiger partial charge < -0.3 is 14.9 Å². The van der Waals surface area contributed by atoms with Crippen molar-refractivity contribution >= 4 is 0 Å². The molecular formula is C9H18O3. The zero-order valence-corrected chi connectivity index (χ0v) is 7.73. The van der Waals surface area contributed by atoms with E-state index in [0.717, 1.165) is 0 Å². The third kappa shape index (κ3) is 3.09. The van der Waals surface area contributed by atoms with E-state index < -0.39 is 12.2 Å². The molecule has 2 N–H and O–H groups in total. The van der Waals surface area contributed by atoms with Crippen LogP contribution in [0.25, 0.3) is 0 Å². The molecule has 0 aliphatic heterocycles. The second-order valence-electron chi connectivity index (χ2n) is 3.82. The minimum Gasteiger partial charge on any atom is -0.393 e. The van der Waals surface area contributed by atoms with Gasteiger partial charge in [-0.1, -0.05) is 0 Å². The van der Waals surface area contributed by atoms with Crippen LogP contribution in [0, 0.1) is 0 Å². The summed E-state index contributed by atoms with van der Waals surface area (Å²) in [5.74, 6) is 0. The normalized spacial score (nSPS) is 37.2. The van der Waals surface area contributed by atoms with Crippen molar-refractivity contribution in [2.24, 2.45) is 0 Å². The third-order valence-corrected chi connectivity index (χ3v) is 2.08. The van der Waals surface area contributed by atoms with Crippen LogP contribution in [0.3, 0.4) is 0 Å².